The average Bonchev–Trinajstić information content (AvgIpc) is 3.18. The molecule has 2 aliphatic rings. The first kappa shape index (κ1) is 18.6. The summed E-state index contributed by atoms with van der Waals surface area (Å²) < 4.78 is 26.7. The number of rotatable bonds is 6. The van der Waals surface area contributed by atoms with E-state index in [1.165, 1.54) is 24.3 Å². The molecule has 0 spiro atoms. The van der Waals surface area contributed by atoms with E-state index >= 15 is 0 Å². The van der Waals surface area contributed by atoms with Gasteiger partial charge in [-0.3, -0.25) is 4.79 Å². The number of halogens is 2. The van der Waals surface area contributed by atoms with E-state index in [1.54, 1.807) is 29.2 Å². The molecular weight excluding hydrogens is 360 g/mol. The Morgan fingerprint density at radius 2 is 1.57 bits per heavy atom. The zero-order chi connectivity index (χ0) is 19.5. The van der Waals surface area contributed by atoms with Crippen LogP contribution in [0.2, 0.25) is 0 Å². The van der Waals surface area contributed by atoms with Crippen molar-refractivity contribution in [3.05, 3.63) is 83.7 Å². The fourth-order valence-corrected chi connectivity index (χ4v) is 3.96. The molecule has 1 unspecified atom stereocenters. The van der Waals surface area contributed by atoms with Crippen LogP contribution in [-0.4, -0.2) is 34.9 Å². The van der Waals surface area contributed by atoms with E-state index in [0.717, 1.165) is 36.9 Å². The van der Waals surface area contributed by atoms with Gasteiger partial charge in [0, 0.05) is 31.4 Å². The first-order chi connectivity index (χ1) is 13.6. The van der Waals surface area contributed by atoms with E-state index < -0.39 is 0 Å². The zero-order valence-corrected chi connectivity index (χ0v) is 15.5. The Balaban J connectivity index is 1.45. The maximum atomic E-state index is 13.3. The predicted octanol–water partition coefficient (Wildman–Crippen LogP) is 3.77. The maximum absolute atomic E-state index is 13.3. The van der Waals surface area contributed by atoms with Crippen LogP contribution < -0.4 is 5.43 Å². The minimum absolute atomic E-state index is 0.0229. The van der Waals surface area contributed by atoms with E-state index in [9.17, 15) is 13.6 Å². The topological polar surface area (TPSA) is 35.6 Å². The van der Waals surface area contributed by atoms with Gasteiger partial charge in [-0.25, -0.2) is 14.2 Å². The summed E-state index contributed by atoms with van der Waals surface area (Å²) in [5.74, 6) is -0.414. The smallest absolute Gasteiger partial charge is 0.250 e. The van der Waals surface area contributed by atoms with Crippen LogP contribution in [0.25, 0.3) is 0 Å². The monoisotopic (exact) mass is 383 g/mol. The van der Waals surface area contributed by atoms with Gasteiger partial charge in [-0.1, -0.05) is 24.3 Å². The van der Waals surface area contributed by atoms with Crippen molar-refractivity contribution in [1.29, 1.82) is 0 Å². The molecule has 0 radical (unpaired) electrons. The van der Waals surface area contributed by atoms with Gasteiger partial charge in [-0.2, -0.15) is 0 Å². The molecule has 4 nitrogen and oxygen atoms in total. The van der Waals surface area contributed by atoms with Crippen LogP contribution >= 0.6 is 0 Å². The molecule has 1 saturated heterocycles. The molecule has 1 N–H and O–H groups in total. The maximum Gasteiger partial charge on any atom is 0.250 e. The van der Waals surface area contributed by atoms with Crippen LogP contribution in [-0.2, 0) is 4.79 Å². The van der Waals surface area contributed by atoms with Crippen molar-refractivity contribution in [3.63, 3.8) is 0 Å². The Kier molecular flexibility index (Phi) is 5.39. The molecule has 0 saturated carbocycles. The van der Waals surface area contributed by atoms with Gasteiger partial charge in [0.05, 0.1) is 0 Å². The highest BCUT2D eigenvalue weighted by molar-refractivity contribution is 5.84. The van der Waals surface area contributed by atoms with E-state index in [0.29, 0.717) is 6.54 Å². The van der Waals surface area contributed by atoms with Crippen molar-refractivity contribution in [3.8, 4) is 0 Å². The number of nitrogens with one attached hydrogen (secondary N) is 1. The van der Waals surface area contributed by atoms with Crippen molar-refractivity contribution < 1.29 is 13.6 Å². The molecule has 146 valence electrons. The first-order valence-electron chi connectivity index (χ1n) is 9.63. The Labute approximate surface area is 163 Å². The van der Waals surface area contributed by atoms with Gasteiger partial charge in [0.25, 0.3) is 5.91 Å². The van der Waals surface area contributed by atoms with Crippen LogP contribution in [0, 0.1) is 11.6 Å². The summed E-state index contributed by atoms with van der Waals surface area (Å²) in [6.45, 7) is 1.43. The SMILES string of the molecule is O=C1C2CCNN2C=CN1CCCC(c1ccc(F)cc1)c1ccc(F)cc1. The van der Waals surface area contributed by atoms with Crippen LogP contribution in [0.3, 0.4) is 0 Å². The van der Waals surface area contributed by atoms with E-state index in [1.807, 2.05) is 17.4 Å². The van der Waals surface area contributed by atoms with Gasteiger partial charge in [0.2, 0.25) is 0 Å². The number of hydrogen-bond donors (Lipinski definition) is 1. The predicted molar refractivity (Wildman–Crippen MR) is 103 cm³/mol. The summed E-state index contributed by atoms with van der Waals surface area (Å²) in [7, 11) is 0. The lowest BCUT2D eigenvalue weighted by molar-refractivity contribution is -0.134. The Hall–Kier alpha value is -2.73. The number of hydrazine groups is 1. The van der Waals surface area contributed by atoms with Crippen LogP contribution in [0.4, 0.5) is 8.78 Å². The normalized spacial score (nSPS) is 18.8. The lowest BCUT2D eigenvalue weighted by Gasteiger charge is -2.32. The molecule has 1 atom stereocenters. The molecule has 0 aliphatic carbocycles. The molecule has 2 heterocycles. The summed E-state index contributed by atoms with van der Waals surface area (Å²) in [6, 6.07) is 12.8. The highest BCUT2D eigenvalue weighted by Gasteiger charge is 2.34. The number of fused-ring (bicyclic) bond motifs is 1. The number of hydrogen-bond acceptors (Lipinski definition) is 3. The quantitative estimate of drug-likeness (QED) is 0.825. The Morgan fingerprint density at radius 1 is 0.964 bits per heavy atom. The van der Waals surface area contributed by atoms with Gasteiger partial charge in [0.15, 0.2) is 0 Å². The fraction of sp³-hybridized carbons (Fsp3) is 0.318. The molecule has 2 aliphatic heterocycles. The summed E-state index contributed by atoms with van der Waals surface area (Å²) in [5, 5.41) is 1.87. The van der Waals surface area contributed by atoms with Gasteiger partial charge in [-0.05, 0) is 54.7 Å². The third-order valence-electron chi connectivity index (χ3n) is 5.46. The summed E-state index contributed by atoms with van der Waals surface area (Å²) in [5.41, 5.74) is 5.15. The van der Waals surface area contributed by atoms with Crippen molar-refractivity contribution in [2.24, 2.45) is 0 Å². The van der Waals surface area contributed by atoms with E-state index in [-0.39, 0.29) is 29.5 Å². The van der Waals surface area contributed by atoms with Crippen LogP contribution in [0.15, 0.2) is 60.9 Å². The molecule has 0 aromatic heterocycles. The lowest BCUT2D eigenvalue weighted by atomic mass is 9.87. The lowest BCUT2D eigenvalue weighted by Crippen LogP contribution is -2.48. The van der Waals surface area contributed by atoms with Crippen LogP contribution in [0.1, 0.15) is 36.3 Å². The second kappa shape index (κ2) is 8.10. The number of nitrogens with zero attached hydrogens (tertiary/aromatic N) is 2. The standard InChI is InChI=1S/C22H23F2N3O/c23-18-7-3-16(4-8-18)20(17-5-9-19(24)10-6-17)2-1-13-26-14-15-27-21(22(26)28)11-12-25-27/h3-10,14-15,20-21,25H,1-2,11-13H2. The molecule has 2 aromatic carbocycles. The Bertz CT molecular complexity index is 806. The highest BCUT2D eigenvalue weighted by Crippen LogP contribution is 2.30. The molecule has 0 bridgehead atoms. The second-order valence-corrected chi connectivity index (χ2v) is 7.25. The second-order valence-electron chi connectivity index (χ2n) is 7.25. The summed E-state index contributed by atoms with van der Waals surface area (Å²) in [6.07, 6.45) is 6.11. The number of benzene rings is 2. The summed E-state index contributed by atoms with van der Waals surface area (Å²) >= 11 is 0. The fourth-order valence-electron chi connectivity index (χ4n) is 3.96. The third-order valence-corrected chi connectivity index (χ3v) is 5.46. The molecule has 1 amide bonds. The largest absolute Gasteiger partial charge is 0.316 e. The average molecular weight is 383 g/mol. The molecule has 2 aromatic rings. The number of amides is 1. The molecule has 1 fully saturated rings. The molecule has 6 heteroatoms. The number of carbonyl (C=O) groups is 1. The molecule has 4 rings (SSSR count). The van der Waals surface area contributed by atoms with Crippen molar-refractivity contribution >= 4 is 5.91 Å². The van der Waals surface area contributed by atoms with Crippen molar-refractivity contribution in [1.82, 2.24) is 15.3 Å². The van der Waals surface area contributed by atoms with Gasteiger partial charge < -0.3 is 9.91 Å². The van der Waals surface area contributed by atoms with Crippen molar-refractivity contribution in [2.75, 3.05) is 13.1 Å². The van der Waals surface area contributed by atoms with Gasteiger partial charge >= 0.3 is 0 Å². The van der Waals surface area contributed by atoms with E-state index in [2.05, 4.69) is 5.43 Å². The molecular formula is C22H23F2N3O. The minimum Gasteiger partial charge on any atom is -0.316 e. The van der Waals surface area contributed by atoms with Gasteiger partial charge in [-0.15, -0.1) is 0 Å². The summed E-state index contributed by atoms with van der Waals surface area (Å²) in [4.78, 5) is 14.4. The zero-order valence-electron chi connectivity index (χ0n) is 15.5. The number of carbonyl (C=O) groups excluding carboxylic acids is 1. The minimum atomic E-state index is -0.277. The van der Waals surface area contributed by atoms with Gasteiger partial charge in [0.1, 0.15) is 17.7 Å². The Morgan fingerprint density at radius 3 is 2.18 bits per heavy atom. The van der Waals surface area contributed by atoms with Crippen molar-refractivity contribution in [2.45, 2.75) is 31.2 Å². The third kappa shape index (κ3) is 3.92. The van der Waals surface area contributed by atoms with Crippen LogP contribution in [0.5, 0.6) is 0 Å². The van der Waals surface area contributed by atoms with E-state index in [4.69, 9.17) is 0 Å². The highest BCUT2D eigenvalue weighted by atomic mass is 19.1. The first-order valence-corrected chi connectivity index (χ1v) is 9.63. The molecule has 28 heavy (non-hydrogen) atoms.